The van der Waals surface area contributed by atoms with E-state index in [9.17, 15) is 9.59 Å². The highest BCUT2D eigenvalue weighted by molar-refractivity contribution is 5.97. The summed E-state index contributed by atoms with van der Waals surface area (Å²) in [4.78, 5) is 25.7. The molecule has 4 rings (SSSR count). The summed E-state index contributed by atoms with van der Waals surface area (Å²) in [5, 5.41) is 0. The van der Waals surface area contributed by atoms with Crippen LogP contribution in [-0.2, 0) is 4.79 Å². The number of carbonyl (C=O) groups excluding carboxylic acids is 2. The zero-order chi connectivity index (χ0) is 21.8. The van der Waals surface area contributed by atoms with Crippen LogP contribution < -0.4 is 25.1 Å². The van der Waals surface area contributed by atoms with Crippen molar-refractivity contribution in [2.75, 3.05) is 13.7 Å². The van der Waals surface area contributed by atoms with Crippen LogP contribution in [0.4, 0.5) is 0 Å². The normalized spacial score (nSPS) is 12.1. The second-order valence-corrected chi connectivity index (χ2v) is 6.85. The Morgan fingerprint density at radius 3 is 2.16 bits per heavy atom. The first-order valence-electron chi connectivity index (χ1n) is 9.89. The molecular weight excluding hydrogens is 396 g/mol. The molecule has 0 bridgehead atoms. The van der Waals surface area contributed by atoms with Crippen molar-refractivity contribution in [3.8, 4) is 23.0 Å². The van der Waals surface area contributed by atoms with Gasteiger partial charge in [-0.15, -0.1) is 0 Å². The average Bonchev–Trinajstić information content (AvgIpc) is 2.81. The van der Waals surface area contributed by atoms with E-state index in [1.807, 2.05) is 55.5 Å². The Balaban J connectivity index is 1.53. The van der Waals surface area contributed by atoms with Crippen LogP contribution in [0.3, 0.4) is 0 Å². The van der Waals surface area contributed by atoms with Gasteiger partial charge in [0.25, 0.3) is 11.8 Å². The minimum atomic E-state index is -0.615. The van der Waals surface area contributed by atoms with Crippen LogP contribution in [0.1, 0.15) is 34.3 Å². The Bertz CT molecular complexity index is 1080. The Labute approximate surface area is 179 Å². The van der Waals surface area contributed by atoms with Crippen LogP contribution in [-0.4, -0.2) is 25.5 Å². The van der Waals surface area contributed by atoms with Crippen LogP contribution in [0, 0.1) is 0 Å². The van der Waals surface area contributed by atoms with E-state index in [2.05, 4.69) is 10.9 Å². The van der Waals surface area contributed by atoms with Crippen LogP contribution in [0.2, 0.25) is 0 Å². The van der Waals surface area contributed by atoms with Crippen molar-refractivity contribution in [1.82, 2.24) is 10.9 Å². The van der Waals surface area contributed by atoms with Gasteiger partial charge >= 0.3 is 0 Å². The van der Waals surface area contributed by atoms with E-state index in [0.717, 1.165) is 11.1 Å². The summed E-state index contributed by atoms with van der Waals surface area (Å²) in [7, 11) is 1.50. The molecule has 7 heteroatoms. The van der Waals surface area contributed by atoms with E-state index in [-0.39, 0.29) is 5.91 Å². The molecule has 31 heavy (non-hydrogen) atoms. The minimum Gasteiger partial charge on any atom is -0.493 e. The number of fused-ring (bicyclic) bond motifs is 2. The Morgan fingerprint density at radius 1 is 0.903 bits per heavy atom. The van der Waals surface area contributed by atoms with Crippen molar-refractivity contribution < 1.29 is 23.8 Å². The molecular formula is C24H22N2O5. The van der Waals surface area contributed by atoms with Gasteiger partial charge in [0.15, 0.2) is 11.5 Å². The quantitative estimate of drug-likeness (QED) is 0.616. The molecule has 2 amide bonds. The van der Waals surface area contributed by atoms with E-state index >= 15 is 0 Å². The third-order valence-electron chi connectivity index (χ3n) is 4.97. The van der Waals surface area contributed by atoms with E-state index in [0.29, 0.717) is 35.2 Å². The van der Waals surface area contributed by atoms with Crippen molar-refractivity contribution in [2.24, 2.45) is 0 Å². The predicted octanol–water partition coefficient (Wildman–Crippen LogP) is 3.79. The molecule has 1 aliphatic heterocycles. The van der Waals surface area contributed by atoms with Crippen LogP contribution in [0.5, 0.6) is 23.0 Å². The summed E-state index contributed by atoms with van der Waals surface area (Å²) in [6.07, 6.45) is 0. The fourth-order valence-corrected chi connectivity index (χ4v) is 3.54. The fraction of sp³-hybridized carbons (Fsp3) is 0.167. The summed E-state index contributed by atoms with van der Waals surface area (Å²) in [5.41, 5.74) is 6.82. The lowest BCUT2D eigenvalue weighted by Gasteiger charge is -2.27. The van der Waals surface area contributed by atoms with Crippen LogP contribution in [0.25, 0.3) is 0 Å². The van der Waals surface area contributed by atoms with Crippen molar-refractivity contribution in [3.63, 3.8) is 0 Å². The number of amides is 2. The molecule has 1 aliphatic rings. The lowest BCUT2D eigenvalue weighted by Crippen LogP contribution is -2.44. The van der Waals surface area contributed by atoms with Gasteiger partial charge < -0.3 is 14.2 Å². The second kappa shape index (κ2) is 8.79. The SMILES string of the molecule is CCOc1ccc(C(=O)NNC(=O)C2c3ccccc3Oc3ccccc32)cc1OC. The molecule has 3 aromatic carbocycles. The number of methoxy groups -OCH3 is 1. The number of carbonyl (C=O) groups is 2. The van der Waals surface area contributed by atoms with Gasteiger partial charge in [-0.3, -0.25) is 20.4 Å². The van der Waals surface area contributed by atoms with Gasteiger partial charge in [0.1, 0.15) is 11.5 Å². The number of nitrogens with one attached hydrogen (secondary N) is 2. The van der Waals surface area contributed by atoms with Gasteiger partial charge in [-0.25, -0.2) is 0 Å². The average molecular weight is 418 g/mol. The molecule has 7 nitrogen and oxygen atoms in total. The van der Waals surface area contributed by atoms with E-state index in [1.165, 1.54) is 7.11 Å². The van der Waals surface area contributed by atoms with Gasteiger partial charge in [-0.1, -0.05) is 36.4 Å². The summed E-state index contributed by atoms with van der Waals surface area (Å²) in [5.74, 6) is 0.760. The number of hydrogen-bond donors (Lipinski definition) is 2. The van der Waals surface area contributed by atoms with Crippen molar-refractivity contribution >= 4 is 11.8 Å². The lowest BCUT2D eigenvalue weighted by atomic mass is 9.87. The van der Waals surface area contributed by atoms with Gasteiger partial charge in [-0.05, 0) is 37.3 Å². The molecule has 3 aromatic rings. The maximum Gasteiger partial charge on any atom is 0.269 e. The van der Waals surface area contributed by atoms with E-state index in [4.69, 9.17) is 14.2 Å². The Kier molecular flexibility index (Phi) is 5.75. The van der Waals surface area contributed by atoms with Gasteiger partial charge in [0.05, 0.1) is 19.6 Å². The second-order valence-electron chi connectivity index (χ2n) is 6.85. The molecule has 0 aromatic heterocycles. The van der Waals surface area contributed by atoms with Crippen molar-refractivity contribution in [1.29, 1.82) is 0 Å². The predicted molar refractivity (Wildman–Crippen MR) is 115 cm³/mol. The summed E-state index contributed by atoms with van der Waals surface area (Å²) >= 11 is 0. The number of rotatable bonds is 5. The largest absolute Gasteiger partial charge is 0.493 e. The van der Waals surface area contributed by atoms with Crippen molar-refractivity contribution in [3.05, 3.63) is 83.4 Å². The molecule has 0 saturated carbocycles. The van der Waals surface area contributed by atoms with Gasteiger partial charge in [0.2, 0.25) is 0 Å². The zero-order valence-corrected chi connectivity index (χ0v) is 17.2. The number of para-hydroxylation sites is 2. The summed E-state index contributed by atoms with van der Waals surface area (Å²) in [6, 6.07) is 19.5. The van der Waals surface area contributed by atoms with Crippen LogP contribution in [0.15, 0.2) is 66.7 Å². The van der Waals surface area contributed by atoms with Crippen molar-refractivity contribution in [2.45, 2.75) is 12.8 Å². The molecule has 0 fully saturated rings. The molecule has 158 valence electrons. The topological polar surface area (TPSA) is 85.9 Å². The zero-order valence-electron chi connectivity index (χ0n) is 17.2. The first-order valence-corrected chi connectivity index (χ1v) is 9.89. The Hall–Kier alpha value is -4.00. The molecule has 0 radical (unpaired) electrons. The number of hydrazine groups is 1. The van der Waals surface area contributed by atoms with Gasteiger partial charge in [-0.2, -0.15) is 0 Å². The minimum absolute atomic E-state index is 0.327. The van der Waals surface area contributed by atoms with Crippen LogP contribution >= 0.6 is 0 Å². The first-order chi connectivity index (χ1) is 15.1. The molecule has 0 aliphatic carbocycles. The molecule has 2 N–H and O–H groups in total. The number of benzene rings is 3. The third-order valence-corrected chi connectivity index (χ3v) is 4.97. The first kappa shape index (κ1) is 20.3. The maximum absolute atomic E-state index is 13.1. The highest BCUT2D eigenvalue weighted by Gasteiger charge is 2.32. The highest BCUT2D eigenvalue weighted by atomic mass is 16.5. The Morgan fingerprint density at radius 2 is 1.55 bits per heavy atom. The number of hydrogen-bond acceptors (Lipinski definition) is 5. The summed E-state index contributed by atoms with van der Waals surface area (Å²) in [6.45, 7) is 2.34. The smallest absolute Gasteiger partial charge is 0.269 e. The molecule has 0 saturated heterocycles. The molecule has 0 spiro atoms. The lowest BCUT2D eigenvalue weighted by molar-refractivity contribution is -0.122. The molecule has 0 atom stereocenters. The number of ether oxygens (including phenoxy) is 3. The van der Waals surface area contributed by atoms with E-state index < -0.39 is 11.8 Å². The standard InChI is InChI=1S/C24H22N2O5/c1-3-30-20-13-12-15(14-21(20)29-2)23(27)25-26-24(28)22-16-8-4-6-10-18(16)31-19-11-7-5-9-17(19)22/h4-14,22H,3H2,1-2H3,(H,25,27)(H,26,28). The fourth-order valence-electron chi connectivity index (χ4n) is 3.54. The molecule has 1 heterocycles. The summed E-state index contributed by atoms with van der Waals surface area (Å²) < 4.78 is 16.7. The van der Waals surface area contributed by atoms with Gasteiger partial charge in [0, 0.05) is 16.7 Å². The maximum atomic E-state index is 13.1. The monoisotopic (exact) mass is 418 g/mol. The third kappa shape index (κ3) is 4.02. The molecule has 0 unspecified atom stereocenters. The van der Waals surface area contributed by atoms with E-state index in [1.54, 1.807) is 18.2 Å². The highest BCUT2D eigenvalue weighted by Crippen LogP contribution is 2.43.